The van der Waals surface area contributed by atoms with Gasteiger partial charge in [-0.15, -0.1) is 0 Å². The predicted octanol–water partition coefficient (Wildman–Crippen LogP) is 4.81. The molecule has 1 N–H and O–H groups in total. The molecule has 0 amide bonds. The Hall–Kier alpha value is -3.30. The first-order valence-electron chi connectivity index (χ1n) is 11.8. The zero-order valence-electron chi connectivity index (χ0n) is 20.3. The van der Waals surface area contributed by atoms with Gasteiger partial charge in [-0.25, -0.2) is 13.8 Å². The molecule has 1 aromatic carbocycles. The van der Waals surface area contributed by atoms with Gasteiger partial charge in [-0.05, 0) is 87.2 Å². The van der Waals surface area contributed by atoms with Crippen LogP contribution in [0.4, 0.5) is 13.2 Å². The van der Waals surface area contributed by atoms with Gasteiger partial charge in [0.05, 0.1) is 11.3 Å². The molecule has 0 unspecified atom stereocenters. The topological polar surface area (TPSA) is 70.8 Å². The lowest BCUT2D eigenvalue weighted by Gasteiger charge is -2.32. The molecule has 0 bridgehead atoms. The molecule has 0 saturated carbocycles. The maximum absolute atomic E-state index is 13.9. The number of benzene rings is 1. The zero-order valence-corrected chi connectivity index (χ0v) is 20.3. The van der Waals surface area contributed by atoms with Crippen molar-refractivity contribution < 1.29 is 23.1 Å². The molecule has 1 aliphatic rings. The van der Waals surface area contributed by atoms with Crippen molar-refractivity contribution in [1.82, 2.24) is 14.9 Å². The molecule has 1 saturated heterocycles. The number of nitrogens with zero attached hydrogens (tertiary/aromatic N) is 4. The van der Waals surface area contributed by atoms with Crippen LogP contribution in [-0.4, -0.2) is 51.0 Å². The largest absolute Gasteiger partial charge is 0.392 e. The van der Waals surface area contributed by atoms with Crippen LogP contribution in [-0.2, 0) is 11.4 Å². The van der Waals surface area contributed by atoms with Gasteiger partial charge in [-0.1, -0.05) is 17.3 Å². The molecular formula is C27H29F3N4O2. The van der Waals surface area contributed by atoms with Gasteiger partial charge in [-0.2, -0.15) is 4.39 Å². The molecular weight excluding hydrogens is 469 g/mol. The Kier molecular flexibility index (Phi) is 8.01. The van der Waals surface area contributed by atoms with Crippen molar-refractivity contribution in [2.45, 2.75) is 44.8 Å². The second-order valence-electron chi connectivity index (χ2n) is 9.67. The Bertz CT molecular complexity index is 1190. The van der Waals surface area contributed by atoms with Crippen LogP contribution in [0.1, 0.15) is 55.0 Å². The van der Waals surface area contributed by atoms with Gasteiger partial charge in [0.1, 0.15) is 12.3 Å². The lowest BCUT2D eigenvalue weighted by atomic mass is 9.90. The molecule has 190 valence electrons. The first-order valence-corrected chi connectivity index (χ1v) is 11.8. The number of oxime groups is 1. The van der Waals surface area contributed by atoms with Gasteiger partial charge < -0.3 is 9.94 Å². The summed E-state index contributed by atoms with van der Waals surface area (Å²) in [4.78, 5) is 15.9. The number of pyridine rings is 2. The average molecular weight is 499 g/mol. The van der Waals surface area contributed by atoms with Gasteiger partial charge in [-0.3, -0.25) is 9.88 Å². The Morgan fingerprint density at radius 2 is 1.81 bits per heavy atom. The summed E-state index contributed by atoms with van der Waals surface area (Å²) in [5, 5.41) is 14.0. The number of rotatable bonds is 8. The fourth-order valence-electron chi connectivity index (χ4n) is 4.12. The van der Waals surface area contributed by atoms with E-state index >= 15 is 0 Å². The SMILES string of the molecule is CC(C)(O)CON=C(c1ccc(F)c(F)c1)c1ccc(CN2CCC(c3ccc(F)nc3)CC2)cn1. The van der Waals surface area contributed by atoms with Gasteiger partial charge in [0.15, 0.2) is 11.6 Å². The molecule has 4 rings (SSSR count). The fourth-order valence-corrected chi connectivity index (χ4v) is 4.12. The Labute approximate surface area is 208 Å². The van der Waals surface area contributed by atoms with E-state index in [2.05, 4.69) is 20.0 Å². The van der Waals surface area contributed by atoms with E-state index in [-0.39, 0.29) is 12.3 Å². The highest BCUT2D eigenvalue weighted by Gasteiger charge is 2.21. The summed E-state index contributed by atoms with van der Waals surface area (Å²) in [5.74, 6) is -2.06. The van der Waals surface area contributed by atoms with E-state index in [9.17, 15) is 18.3 Å². The molecule has 3 aromatic rings. The van der Waals surface area contributed by atoms with Crippen LogP contribution in [0.5, 0.6) is 0 Å². The maximum atomic E-state index is 13.9. The highest BCUT2D eigenvalue weighted by molar-refractivity contribution is 6.11. The van der Waals surface area contributed by atoms with E-state index in [0.29, 0.717) is 23.7 Å². The smallest absolute Gasteiger partial charge is 0.212 e. The Balaban J connectivity index is 1.43. The summed E-state index contributed by atoms with van der Waals surface area (Å²) < 4.78 is 40.4. The number of likely N-dealkylation sites (tertiary alicyclic amines) is 1. The van der Waals surface area contributed by atoms with Crippen LogP contribution in [0.3, 0.4) is 0 Å². The van der Waals surface area contributed by atoms with E-state index < -0.39 is 23.2 Å². The van der Waals surface area contributed by atoms with E-state index in [0.717, 1.165) is 49.2 Å². The first kappa shape index (κ1) is 25.8. The lowest BCUT2D eigenvalue weighted by molar-refractivity contribution is -0.0189. The predicted molar refractivity (Wildman–Crippen MR) is 130 cm³/mol. The van der Waals surface area contributed by atoms with Gasteiger partial charge in [0.25, 0.3) is 0 Å². The summed E-state index contributed by atoms with van der Waals surface area (Å²) >= 11 is 0. The number of hydrogen-bond donors (Lipinski definition) is 1. The minimum Gasteiger partial charge on any atom is -0.392 e. The Morgan fingerprint density at radius 3 is 2.42 bits per heavy atom. The van der Waals surface area contributed by atoms with Crippen LogP contribution in [0.15, 0.2) is 60.0 Å². The molecule has 6 nitrogen and oxygen atoms in total. The molecule has 36 heavy (non-hydrogen) atoms. The molecule has 3 heterocycles. The second kappa shape index (κ2) is 11.2. The van der Waals surface area contributed by atoms with Crippen LogP contribution in [0, 0.1) is 17.6 Å². The van der Waals surface area contributed by atoms with Gasteiger partial charge >= 0.3 is 0 Å². The monoisotopic (exact) mass is 498 g/mol. The molecule has 1 aliphatic heterocycles. The average Bonchev–Trinajstić information content (AvgIpc) is 2.85. The number of aliphatic hydroxyl groups is 1. The van der Waals surface area contributed by atoms with Gasteiger partial charge in [0.2, 0.25) is 5.95 Å². The highest BCUT2D eigenvalue weighted by Crippen LogP contribution is 2.28. The minimum atomic E-state index is -1.11. The van der Waals surface area contributed by atoms with Gasteiger partial charge in [0, 0.05) is 24.5 Å². The number of hydrogen-bond acceptors (Lipinski definition) is 6. The third-order valence-corrected chi connectivity index (χ3v) is 6.05. The number of piperidine rings is 1. The number of aromatic nitrogens is 2. The second-order valence-corrected chi connectivity index (χ2v) is 9.67. The molecule has 9 heteroatoms. The summed E-state index contributed by atoms with van der Waals surface area (Å²) in [5.41, 5.74) is 1.94. The summed E-state index contributed by atoms with van der Waals surface area (Å²) in [6, 6.07) is 10.4. The molecule has 0 spiro atoms. The lowest BCUT2D eigenvalue weighted by Crippen LogP contribution is -2.32. The number of halogens is 3. The molecule has 1 fully saturated rings. The summed E-state index contributed by atoms with van der Waals surface area (Å²) in [6.45, 7) is 5.58. The third kappa shape index (κ3) is 6.89. The van der Waals surface area contributed by atoms with Crippen molar-refractivity contribution in [3.8, 4) is 0 Å². The fraction of sp³-hybridized carbons (Fsp3) is 0.370. The summed E-state index contributed by atoms with van der Waals surface area (Å²) in [6.07, 6.45) is 5.28. The van der Waals surface area contributed by atoms with E-state index in [4.69, 9.17) is 4.84 Å². The highest BCUT2D eigenvalue weighted by atomic mass is 19.2. The van der Waals surface area contributed by atoms with Crippen LogP contribution >= 0.6 is 0 Å². The van der Waals surface area contributed by atoms with E-state index in [1.54, 1.807) is 32.3 Å². The van der Waals surface area contributed by atoms with Crippen molar-refractivity contribution in [3.63, 3.8) is 0 Å². The van der Waals surface area contributed by atoms with Crippen molar-refractivity contribution in [2.75, 3.05) is 19.7 Å². The molecule has 0 atom stereocenters. The van der Waals surface area contributed by atoms with Crippen molar-refractivity contribution in [3.05, 3.63) is 94.8 Å². The van der Waals surface area contributed by atoms with Crippen LogP contribution < -0.4 is 0 Å². The quantitative estimate of drug-likeness (QED) is 0.274. The van der Waals surface area contributed by atoms with Crippen molar-refractivity contribution >= 4 is 5.71 Å². The third-order valence-electron chi connectivity index (χ3n) is 6.05. The van der Waals surface area contributed by atoms with Crippen molar-refractivity contribution in [1.29, 1.82) is 0 Å². The van der Waals surface area contributed by atoms with Crippen LogP contribution in [0.25, 0.3) is 0 Å². The molecule has 2 aromatic heterocycles. The van der Waals surface area contributed by atoms with E-state index in [1.807, 2.05) is 12.1 Å². The molecule has 0 aliphatic carbocycles. The maximum Gasteiger partial charge on any atom is 0.212 e. The summed E-state index contributed by atoms with van der Waals surface area (Å²) in [7, 11) is 0. The Morgan fingerprint density at radius 1 is 1.03 bits per heavy atom. The van der Waals surface area contributed by atoms with Crippen molar-refractivity contribution in [2.24, 2.45) is 5.16 Å². The van der Waals surface area contributed by atoms with E-state index in [1.165, 1.54) is 12.1 Å². The minimum absolute atomic E-state index is 0.0812. The molecule has 0 radical (unpaired) electrons. The normalized spacial score (nSPS) is 15.8. The zero-order chi connectivity index (χ0) is 25.7. The first-order chi connectivity index (χ1) is 17.2. The van der Waals surface area contributed by atoms with Crippen LogP contribution in [0.2, 0.25) is 0 Å². The standard InChI is InChI=1S/C27H29F3N4O2/c1-27(2,35)17-36-33-26(20-4-6-22(28)23(29)13-20)24-7-3-18(14-31-24)16-34-11-9-19(10-12-34)21-5-8-25(30)32-15-21/h3-8,13-15,19,35H,9-12,16-17H2,1-2H3.